The molecule has 0 amide bonds. The van der Waals surface area contributed by atoms with E-state index in [0.717, 1.165) is 29.9 Å². The third-order valence-electron chi connectivity index (χ3n) is 2.19. The van der Waals surface area contributed by atoms with Gasteiger partial charge in [0, 0.05) is 30.3 Å². The van der Waals surface area contributed by atoms with Crippen LogP contribution in [-0.4, -0.2) is 14.6 Å². The summed E-state index contributed by atoms with van der Waals surface area (Å²) >= 11 is 0. The molecule has 0 aliphatic rings. The molecule has 0 spiro atoms. The van der Waals surface area contributed by atoms with Crippen molar-refractivity contribution < 1.29 is 0 Å². The summed E-state index contributed by atoms with van der Waals surface area (Å²) in [7, 11) is 0. The lowest BCUT2D eigenvalue weighted by molar-refractivity contribution is 0.857. The molecule has 0 aromatic carbocycles. The van der Waals surface area contributed by atoms with Gasteiger partial charge in [-0.25, -0.2) is 9.50 Å². The van der Waals surface area contributed by atoms with E-state index in [-0.39, 0.29) is 0 Å². The van der Waals surface area contributed by atoms with E-state index in [9.17, 15) is 0 Å². The number of aromatic nitrogens is 3. The molecule has 2 aromatic heterocycles. The van der Waals surface area contributed by atoms with Crippen LogP contribution < -0.4 is 0 Å². The molecular weight excluding hydrogens is 186 g/mol. The van der Waals surface area contributed by atoms with E-state index >= 15 is 0 Å². The Labute approximate surface area is 88.8 Å². The first kappa shape index (κ1) is 9.65. The molecular formula is C12H13N3. The Morgan fingerprint density at radius 1 is 1.27 bits per heavy atom. The molecule has 2 heterocycles. The van der Waals surface area contributed by atoms with Crippen LogP contribution in [0, 0.1) is 0 Å². The maximum atomic E-state index is 4.46. The van der Waals surface area contributed by atoms with Crippen LogP contribution in [0.2, 0.25) is 0 Å². The molecule has 0 unspecified atom stereocenters. The van der Waals surface area contributed by atoms with Gasteiger partial charge in [-0.05, 0) is 6.07 Å². The van der Waals surface area contributed by atoms with E-state index in [0.29, 0.717) is 0 Å². The molecule has 0 aliphatic heterocycles. The van der Waals surface area contributed by atoms with Crippen molar-refractivity contribution in [1.29, 1.82) is 0 Å². The standard InChI is InChI=1S/C12H13N3/c1-3-5-10-9-11(6-4-2)15-12(14-10)7-8-13-15/h3-4,7-9H,1-2,5-6H2. The number of nitrogens with zero attached hydrogens (tertiary/aromatic N) is 3. The molecule has 0 radical (unpaired) electrons. The van der Waals surface area contributed by atoms with Gasteiger partial charge in [-0.3, -0.25) is 0 Å². The maximum absolute atomic E-state index is 4.46. The number of hydrogen-bond donors (Lipinski definition) is 0. The van der Waals surface area contributed by atoms with Crippen LogP contribution in [0.1, 0.15) is 11.4 Å². The Hall–Kier alpha value is -1.90. The fourth-order valence-electron chi connectivity index (χ4n) is 1.58. The number of rotatable bonds is 4. The minimum Gasteiger partial charge on any atom is -0.233 e. The lowest BCUT2D eigenvalue weighted by Gasteiger charge is -2.04. The fourth-order valence-corrected chi connectivity index (χ4v) is 1.58. The van der Waals surface area contributed by atoms with Gasteiger partial charge >= 0.3 is 0 Å². The van der Waals surface area contributed by atoms with Gasteiger partial charge in [0.05, 0.1) is 6.20 Å². The Kier molecular flexibility index (Phi) is 2.63. The van der Waals surface area contributed by atoms with Crippen LogP contribution in [-0.2, 0) is 12.8 Å². The van der Waals surface area contributed by atoms with Crippen LogP contribution in [0.25, 0.3) is 5.65 Å². The number of allylic oxidation sites excluding steroid dienone is 2. The van der Waals surface area contributed by atoms with E-state index in [1.807, 2.05) is 28.8 Å². The van der Waals surface area contributed by atoms with E-state index in [4.69, 9.17) is 0 Å². The summed E-state index contributed by atoms with van der Waals surface area (Å²) in [5, 5.41) is 4.22. The predicted molar refractivity (Wildman–Crippen MR) is 60.8 cm³/mol. The largest absolute Gasteiger partial charge is 0.233 e. The minimum atomic E-state index is 0.784. The zero-order chi connectivity index (χ0) is 10.7. The number of hydrogen-bond acceptors (Lipinski definition) is 2. The first-order valence-corrected chi connectivity index (χ1v) is 4.89. The lowest BCUT2D eigenvalue weighted by Crippen LogP contribution is -2.02. The van der Waals surface area contributed by atoms with Gasteiger partial charge in [-0.15, -0.1) is 13.2 Å². The molecule has 0 saturated carbocycles. The highest BCUT2D eigenvalue weighted by Gasteiger charge is 2.03. The average molecular weight is 199 g/mol. The highest BCUT2D eigenvalue weighted by atomic mass is 15.2. The molecule has 76 valence electrons. The third-order valence-corrected chi connectivity index (χ3v) is 2.19. The monoisotopic (exact) mass is 199 g/mol. The summed E-state index contributed by atoms with van der Waals surface area (Å²) in [6.45, 7) is 7.46. The SMILES string of the molecule is C=CCc1cc(CC=C)n2nccc2n1. The van der Waals surface area contributed by atoms with Crippen molar-refractivity contribution in [2.24, 2.45) is 0 Å². The lowest BCUT2D eigenvalue weighted by atomic mass is 10.2. The van der Waals surface area contributed by atoms with Gasteiger partial charge in [-0.1, -0.05) is 12.2 Å². The van der Waals surface area contributed by atoms with Crippen LogP contribution >= 0.6 is 0 Å². The summed E-state index contributed by atoms with van der Waals surface area (Å²) < 4.78 is 1.84. The number of fused-ring (bicyclic) bond motifs is 1. The Morgan fingerprint density at radius 3 is 2.80 bits per heavy atom. The molecule has 0 saturated heterocycles. The van der Waals surface area contributed by atoms with Crippen LogP contribution in [0.5, 0.6) is 0 Å². The zero-order valence-electron chi connectivity index (χ0n) is 8.56. The summed E-state index contributed by atoms with van der Waals surface area (Å²) in [5.74, 6) is 0. The molecule has 15 heavy (non-hydrogen) atoms. The third kappa shape index (κ3) is 1.81. The first-order chi connectivity index (χ1) is 7.35. The van der Waals surface area contributed by atoms with Gasteiger partial charge < -0.3 is 0 Å². The molecule has 0 atom stereocenters. The second kappa shape index (κ2) is 4.09. The Bertz CT molecular complexity index is 497. The van der Waals surface area contributed by atoms with Gasteiger partial charge in [0.15, 0.2) is 5.65 Å². The van der Waals surface area contributed by atoms with Gasteiger partial charge in [0.1, 0.15) is 0 Å². The molecule has 3 heteroatoms. The van der Waals surface area contributed by atoms with E-state index in [1.54, 1.807) is 6.20 Å². The molecule has 0 N–H and O–H groups in total. The quantitative estimate of drug-likeness (QED) is 0.706. The second-order valence-corrected chi connectivity index (χ2v) is 3.33. The molecule has 0 fully saturated rings. The van der Waals surface area contributed by atoms with Crippen molar-refractivity contribution in [3.8, 4) is 0 Å². The summed E-state index contributed by atoms with van der Waals surface area (Å²) in [6.07, 6.45) is 7.06. The molecule has 0 aliphatic carbocycles. The van der Waals surface area contributed by atoms with E-state index < -0.39 is 0 Å². The minimum absolute atomic E-state index is 0.784. The van der Waals surface area contributed by atoms with Crippen molar-refractivity contribution in [1.82, 2.24) is 14.6 Å². The second-order valence-electron chi connectivity index (χ2n) is 3.33. The van der Waals surface area contributed by atoms with Gasteiger partial charge in [0.25, 0.3) is 0 Å². The summed E-state index contributed by atoms with van der Waals surface area (Å²) in [6, 6.07) is 3.95. The fraction of sp³-hybridized carbons (Fsp3) is 0.167. The molecule has 2 rings (SSSR count). The Balaban J connectivity index is 2.57. The van der Waals surface area contributed by atoms with Crippen molar-refractivity contribution in [2.45, 2.75) is 12.8 Å². The smallest absolute Gasteiger partial charge is 0.155 e. The van der Waals surface area contributed by atoms with E-state index in [1.165, 1.54) is 0 Å². The van der Waals surface area contributed by atoms with Crippen molar-refractivity contribution in [2.75, 3.05) is 0 Å². The molecule has 2 aromatic rings. The van der Waals surface area contributed by atoms with Crippen LogP contribution in [0.4, 0.5) is 0 Å². The predicted octanol–water partition coefficient (Wildman–Crippen LogP) is 2.19. The average Bonchev–Trinajstić information content (AvgIpc) is 2.67. The molecule has 0 bridgehead atoms. The van der Waals surface area contributed by atoms with Crippen molar-refractivity contribution in [3.63, 3.8) is 0 Å². The van der Waals surface area contributed by atoms with E-state index in [2.05, 4.69) is 23.2 Å². The Morgan fingerprint density at radius 2 is 2.07 bits per heavy atom. The highest BCUT2D eigenvalue weighted by molar-refractivity contribution is 5.39. The topological polar surface area (TPSA) is 30.2 Å². The van der Waals surface area contributed by atoms with Crippen LogP contribution in [0.3, 0.4) is 0 Å². The van der Waals surface area contributed by atoms with Crippen LogP contribution in [0.15, 0.2) is 43.6 Å². The van der Waals surface area contributed by atoms with Gasteiger partial charge in [0.2, 0.25) is 0 Å². The van der Waals surface area contributed by atoms with Crippen molar-refractivity contribution >= 4 is 5.65 Å². The highest BCUT2D eigenvalue weighted by Crippen LogP contribution is 2.09. The zero-order valence-corrected chi connectivity index (χ0v) is 8.56. The molecule has 3 nitrogen and oxygen atoms in total. The normalized spacial score (nSPS) is 10.4. The van der Waals surface area contributed by atoms with Crippen molar-refractivity contribution in [3.05, 3.63) is 55.0 Å². The maximum Gasteiger partial charge on any atom is 0.155 e. The first-order valence-electron chi connectivity index (χ1n) is 4.89. The van der Waals surface area contributed by atoms with Gasteiger partial charge in [-0.2, -0.15) is 5.10 Å². The summed E-state index contributed by atoms with van der Waals surface area (Å²) in [4.78, 5) is 4.46. The summed E-state index contributed by atoms with van der Waals surface area (Å²) in [5.41, 5.74) is 3.01.